The van der Waals surface area contributed by atoms with Crippen molar-refractivity contribution in [2.45, 2.75) is 11.8 Å². The third-order valence-electron chi connectivity index (χ3n) is 13.1. The Morgan fingerprint density at radius 3 is 1.31 bits per heavy atom. The quantitative estimate of drug-likeness (QED) is 0.175. The molecule has 13 rings (SSSR count). The van der Waals surface area contributed by atoms with Crippen molar-refractivity contribution in [3.8, 4) is 62.3 Å². The number of hydrogen-bond donors (Lipinski definition) is 0. The van der Waals surface area contributed by atoms with E-state index in [0.717, 1.165) is 49.7 Å². The predicted molar refractivity (Wildman–Crippen MR) is 247 cm³/mol. The third-order valence-corrected chi connectivity index (χ3v) is 13.1. The van der Waals surface area contributed by atoms with Crippen LogP contribution in [0.2, 0.25) is 0 Å². The summed E-state index contributed by atoms with van der Waals surface area (Å²) in [5.74, 6) is -0.0704. The van der Waals surface area contributed by atoms with E-state index in [9.17, 15) is 10.5 Å². The Morgan fingerprint density at radius 1 is 0.344 bits per heavy atom. The van der Waals surface area contributed by atoms with Gasteiger partial charge < -0.3 is 4.57 Å². The van der Waals surface area contributed by atoms with Gasteiger partial charge in [0.15, 0.2) is 0 Å². The molecule has 1 heterocycles. The molecule has 0 saturated carbocycles. The molecule has 0 saturated heterocycles. The summed E-state index contributed by atoms with van der Waals surface area (Å²) in [4.78, 5) is 0. The van der Waals surface area contributed by atoms with Crippen molar-refractivity contribution in [1.29, 1.82) is 10.5 Å². The van der Waals surface area contributed by atoms with Gasteiger partial charge in [-0.3, -0.25) is 0 Å². The van der Waals surface area contributed by atoms with Crippen molar-refractivity contribution in [1.82, 2.24) is 4.57 Å². The fraction of sp³-hybridized carbons (Fsp3) is 0.0345. The highest BCUT2D eigenvalue weighted by molar-refractivity contribution is 6.12. The zero-order valence-corrected chi connectivity index (χ0v) is 33.0. The molecule has 0 N–H and O–H groups in total. The first-order valence-corrected chi connectivity index (χ1v) is 20.8. The maximum absolute atomic E-state index is 11.1. The van der Waals surface area contributed by atoms with Crippen LogP contribution in [-0.4, -0.2) is 4.57 Å². The highest BCUT2D eigenvalue weighted by Crippen LogP contribution is 2.57. The summed E-state index contributed by atoms with van der Waals surface area (Å²) < 4.78 is 2.32. The molecule has 0 fully saturated rings. The number of nitrogens with zero attached hydrogens (tertiary/aromatic N) is 3. The van der Waals surface area contributed by atoms with Gasteiger partial charge in [-0.05, 0) is 126 Å². The highest BCUT2D eigenvalue weighted by Gasteiger charge is 2.42. The van der Waals surface area contributed by atoms with E-state index < -0.39 is 0 Å². The molecule has 0 aliphatic heterocycles. The number of aromatic nitrogens is 1. The Kier molecular flexibility index (Phi) is 7.79. The molecular formula is C58H35N3. The Hall–Kier alpha value is -8.24. The van der Waals surface area contributed by atoms with E-state index in [2.05, 4.69) is 211 Å². The molecule has 3 heteroatoms. The summed E-state index contributed by atoms with van der Waals surface area (Å²) in [5, 5.41) is 23.2. The molecule has 0 radical (unpaired) electrons. The van der Waals surface area contributed by atoms with E-state index in [0.29, 0.717) is 11.1 Å². The maximum atomic E-state index is 11.1. The first kappa shape index (κ1) is 34.8. The second-order valence-corrected chi connectivity index (χ2v) is 16.2. The van der Waals surface area contributed by atoms with Crippen LogP contribution >= 0.6 is 0 Å². The van der Waals surface area contributed by atoms with Crippen LogP contribution in [-0.2, 0) is 0 Å². The molecule has 0 spiro atoms. The molecule has 61 heavy (non-hydrogen) atoms. The minimum Gasteiger partial charge on any atom is -0.308 e. The summed E-state index contributed by atoms with van der Waals surface area (Å²) in [6.45, 7) is 0. The zero-order chi connectivity index (χ0) is 40.6. The largest absolute Gasteiger partial charge is 0.308 e. The fourth-order valence-corrected chi connectivity index (χ4v) is 10.4. The number of hydrogen-bond acceptors (Lipinski definition) is 2. The standard InChI is InChI=1S/C58H35N3/c59-34-36-23-26-48-51(29-36)58-47-22-12-11-21-46(47)57(48)53-33-56(41(35-60)32-52(53)58)61-54-27-24-39(44-19-9-7-17-42(44)37-13-3-1-4-14-37)30-49(54)50-31-40(25-28-55(50)61)45-20-10-8-18-43(45)38-15-5-2-6-16-38/h1-33,57-58H. The molecule has 3 nitrogen and oxygen atoms in total. The molecule has 3 aliphatic rings. The van der Waals surface area contributed by atoms with Gasteiger partial charge in [0.05, 0.1) is 33.9 Å². The highest BCUT2D eigenvalue weighted by atomic mass is 15.0. The normalized spacial score (nSPS) is 14.5. The molecule has 9 aromatic carbocycles. The van der Waals surface area contributed by atoms with Crippen molar-refractivity contribution >= 4 is 21.8 Å². The first-order chi connectivity index (χ1) is 30.2. The lowest BCUT2D eigenvalue weighted by Gasteiger charge is -2.42. The van der Waals surface area contributed by atoms with E-state index in [1.54, 1.807) is 0 Å². The van der Waals surface area contributed by atoms with Crippen LogP contribution in [0.15, 0.2) is 200 Å². The van der Waals surface area contributed by atoms with E-state index in [1.165, 1.54) is 55.6 Å². The van der Waals surface area contributed by atoms with Gasteiger partial charge in [-0.2, -0.15) is 10.5 Å². The van der Waals surface area contributed by atoms with Crippen LogP contribution in [0.4, 0.5) is 0 Å². The molecule has 1 aromatic heterocycles. The number of rotatable bonds is 5. The fourth-order valence-electron chi connectivity index (χ4n) is 10.4. The SMILES string of the molecule is N#Cc1ccc2c(c1)C1c3ccccc3C2c2cc(-n3c4ccc(-c5ccccc5-c5ccccc5)cc4c4cc(-c5ccccc5-c5ccccc5)ccc43)c(C#N)cc21. The molecular weight excluding hydrogens is 739 g/mol. The van der Waals surface area contributed by atoms with Gasteiger partial charge in [0.2, 0.25) is 0 Å². The summed E-state index contributed by atoms with van der Waals surface area (Å²) in [6, 6.07) is 76.4. The van der Waals surface area contributed by atoms with Gasteiger partial charge in [0, 0.05) is 22.6 Å². The summed E-state index contributed by atoms with van der Waals surface area (Å²) in [5.41, 5.74) is 20.9. The van der Waals surface area contributed by atoms with Gasteiger partial charge in [-0.15, -0.1) is 0 Å². The molecule has 0 amide bonds. The van der Waals surface area contributed by atoms with E-state index in [-0.39, 0.29) is 11.8 Å². The average molecular weight is 774 g/mol. The molecule has 2 atom stereocenters. The predicted octanol–water partition coefficient (Wildman–Crippen LogP) is 14.2. The first-order valence-electron chi connectivity index (χ1n) is 20.8. The van der Waals surface area contributed by atoms with Crippen molar-refractivity contribution in [3.63, 3.8) is 0 Å². The van der Waals surface area contributed by atoms with Gasteiger partial charge in [0.1, 0.15) is 6.07 Å². The second kappa shape index (κ2) is 13.7. The summed E-state index contributed by atoms with van der Waals surface area (Å²) in [7, 11) is 0. The molecule has 3 aliphatic carbocycles. The number of fused-ring (bicyclic) bond motifs is 3. The van der Waals surface area contributed by atoms with Crippen molar-refractivity contribution in [2.75, 3.05) is 0 Å². The van der Waals surface area contributed by atoms with Crippen LogP contribution in [0, 0.1) is 22.7 Å². The van der Waals surface area contributed by atoms with Crippen molar-refractivity contribution < 1.29 is 0 Å². The van der Waals surface area contributed by atoms with E-state index in [4.69, 9.17) is 0 Å². The van der Waals surface area contributed by atoms with Crippen LogP contribution < -0.4 is 0 Å². The van der Waals surface area contributed by atoms with E-state index in [1.807, 2.05) is 6.07 Å². The van der Waals surface area contributed by atoms with Crippen LogP contribution in [0.1, 0.15) is 56.3 Å². The van der Waals surface area contributed by atoms with Gasteiger partial charge in [0.25, 0.3) is 0 Å². The van der Waals surface area contributed by atoms with Gasteiger partial charge in [-0.25, -0.2) is 0 Å². The maximum Gasteiger partial charge on any atom is 0.101 e. The number of benzene rings is 9. The lowest BCUT2D eigenvalue weighted by molar-refractivity contribution is 0.752. The van der Waals surface area contributed by atoms with Crippen LogP contribution in [0.3, 0.4) is 0 Å². The van der Waals surface area contributed by atoms with Crippen molar-refractivity contribution in [3.05, 3.63) is 245 Å². The van der Waals surface area contributed by atoms with Crippen molar-refractivity contribution in [2.24, 2.45) is 0 Å². The Morgan fingerprint density at radius 2 is 0.787 bits per heavy atom. The molecule has 10 aromatic rings. The lowest BCUT2D eigenvalue weighted by atomic mass is 9.60. The topological polar surface area (TPSA) is 52.5 Å². The monoisotopic (exact) mass is 773 g/mol. The third kappa shape index (κ3) is 5.28. The Labute approximate surface area is 354 Å². The Bertz CT molecular complexity index is 3370. The number of nitriles is 2. The minimum atomic E-state index is -0.0571. The van der Waals surface area contributed by atoms with Crippen LogP contribution in [0.25, 0.3) is 72.0 Å². The second-order valence-electron chi connectivity index (χ2n) is 16.2. The average Bonchev–Trinajstić information content (AvgIpc) is 3.66. The molecule has 282 valence electrons. The summed E-state index contributed by atoms with van der Waals surface area (Å²) in [6.07, 6.45) is 0. The molecule has 2 bridgehead atoms. The van der Waals surface area contributed by atoms with Gasteiger partial charge in [-0.1, -0.05) is 152 Å². The lowest BCUT2D eigenvalue weighted by Crippen LogP contribution is -2.28. The Balaban J connectivity index is 1.12. The minimum absolute atomic E-state index is 0.0132. The van der Waals surface area contributed by atoms with Gasteiger partial charge >= 0.3 is 0 Å². The molecule has 2 unspecified atom stereocenters. The summed E-state index contributed by atoms with van der Waals surface area (Å²) >= 11 is 0. The zero-order valence-electron chi connectivity index (χ0n) is 33.0. The smallest absolute Gasteiger partial charge is 0.101 e. The van der Waals surface area contributed by atoms with Crippen LogP contribution in [0.5, 0.6) is 0 Å². The van der Waals surface area contributed by atoms with E-state index >= 15 is 0 Å².